The van der Waals surface area contributed by atoms with Gasteiger partial charge in [0.15, 0.2) is 11.6 Å². The minimum atomic E-state index is -0.551. The molecule has 2 heterocycles. The SMILES string of the molecule is Cc1nc(Cc2ccccn2)nc(N)c1F. The van der Waals surface area contributed by atoms with Gasteiger partial charge in [0.1, 0.15) is 5.82 Å². The second-order valence-corrected chi connectivity index (χ2v) is 3.42. The maximum absolute atomic E-state index is 13.2. The summed E-state index contributed by atoms with van der Waals surface area (Å²) >= 11 is 0. The molecule has 2 aromatic heterocycles. The predicted octanol–water partition coefficient (Wildman–Crippen LogP) is 1.49. The number of anilines is 1. The number of nitrogen functional groups attached to an aromatic ring is 1. The number of aromatic nitrogens is 3. The molecule has 0 atom stereocenters. The fourth-order valence-corrected chi connectivity index (χ4v) is 1.38. The molecule has 5 heteroatoms. The van der Waals surface area contributed by atoms with Gasteiger partial charge in [0, 0.05) is 11.9 Å². The first-order valence-electron chi connectivity index (χ1n) is 4.85. The van der Waals surface area contributed by atoms with Gasteiger partial charge >= 0.3 is 0 Å². The van der Waals surface area contributed by atoms with E-state index < -0.39 is 5.82 Å². The van der Waals surface area contributed by atoms with E-state index in [4.69, 9.17) is 5.73 Å². The highest BCUT2D eigenvalue weighted by molar-refractivity contribution is 5.32. The molecule has 0 spiro atoms. The first-order chi connectivity index (χ1) is 7.66. The molecule has 16 heavy (non-hydrogen) atoms. The van der Waals surface area contributed by atoms with Crippen LogP contribution >= 0.6 is 0 Å². The summed E-state index contributed by atoms with van der Waals surface area (Å²) in [6.07, 6.45) is 2.14. The van der Waals surface area contributed by atoms with Crippen LogP contribution in [0.5, 0.6) is 0 Å². The normalized spacial score (nSPS) is 10.4. The zero-order valence-electron chi connectivity index (χ0n) is 8.81. The molecule has 4 nitrogen and oxygen atoms in total. The molecule has 0 unspecified atom stereocenters. The number of pyridine rings is 1. The van der Waals surface area contributed by atoms with Crippen LogP contribution in [0.15, 0.2) is 24.4 Å². The molecule has 0 fully saturated rings. The van der Waals surface area contributed by atoms with Gasteiger partial charge in [-0.25, -0.2) is 14.4 Å². The molecular formula is C11H11FN4. The van der Waals surface area contributed by atoms with Gasteiger partial charge < -0.3 is 5.73 Å². The maximum atomic E-state index is 13.2. The maximum Gasteiger partial charge on any atom is 0.186 e. The zero-order valence-corrected chi connectivity index (χ0v) is 8.81. The molecule has 2 N–H and O–H groups in total. The van der Waals surface area contributed by atoms with Crippen molar-refractivity contribution in [2.75, 3.05) is 5.73 Å². The molecule has 82 valence electrons. The van der Waals surface area contributed by atoms with Gasteiger partial charge in [-0.3, -0.25) is 4.98 Å². The van der Waals surface area contributed by atoms with Gasteiger partial charge in [0.25, 0.3) is 0 Å². The number of nitrogens with zero attached hydrogens (tertiary/aromatic N) is 3. The van der Waals surface area contributed by atoms with E-state index in [9.17, 15) is 4.39 Å². The number of rotatable bonds is 2. The van der Waals surface area contributed by atoms with Gasteiger partial charge in [0.05, 0.1) is 12.1 Å². The molecule has 0 aliphatic rings. The fraction of sp³-hybridized carbons (Fsp3) is 0.182. The van der Waals surface area contributed by atoms with Crippen LogP contribution in [-0.2, 0) is 6.42 Å². The van der Waals surface area contributed by atoms with Gasteiger partial charge in [-0.15, -0.1) is 0 Å². The van der Waals surface area contributed by atoms with Crippen molar-refractivity contribution in [1.82, 2.24) is 15.0 Å². The smallest absolute Gasteiger partial charge is 0.186 e. The molecular weight excluding hydrogens is 207 g/mol. The molecule has 0 aliphatic heterocycles. The Balaban J connectivity index is 2.29. The monoisotopic (exact) mass is 218 g/mol. The lowest BCUT2D eigenvalue weighted by Gasteiger charge is -2.04. The van der Waals surface area contributed by atoms with Gasteiger partial charge in [-0.05, 0) is 19.1 Å². The van der Waals surface area contributed by atoms with Crippen LogP contribution in [0.3, 0.4) is 0 Å². The molecule has 2 rings (SSSR count). The summed E-state index contributed by atoms with van der Waals surface area (Å²) < 4.78 is 13.2. The van der Waals surface area contributed by atoms with Crippen LogP contribution in [0.4, 0.5) is 10.2 Å². The second-order valence-electron chi connectivity index (χ2n) is 3.42. The summed E-state index contributed by atoms with van der Waals surface area (Å²) in [6.45, 7) is 1.56. The Hall–Kier alpha value is -2.04. The first-order valence-corrected chi connectivity index (χ1v) is 4.85. The molecule has 0 radical (unpaired) electrons. The number of hydrogen-bond donors (Lipinski definition) is 1. The minimum absolute atomic E-state index is 0.113. The van der Waals surface area contributed by atoms with Gasteiger partial charge in [-0.2, -0.15) is 0 Å². The van der Waals surface area contributed by atoms with E-state index in [0.29, 0.717) is 12.2 Å². The molecule has 0 saturated heterocycles. The quantitative estimate of drug-likeness (QED) is 0.829. The second kappa shape index (κ2) is 4.22. The highest BCUT2D eigenvalue weighted by Crippen LogP contribution is 2.11. The van der Waals surface area contributed by atoms with Crippen LogP contribution in [0.25, 0.3) is 0 Å². The van der Waals surface area contributed by atoms with E-state index in [0.717, 1.165) is 5.69 Å². The molecule has 0 aliphatic carbocycles. The van der Waals surface area contributed by atoms with Crippen molar-refractivity contribution in [3.05, 3.63) is 47.4 Å². The van der Waals surface area contributed by atoms with Crippen molar-refractivity contribution in [3.8, 4) is 0 Å². The van der Waals surface area contributed by atoms with E-state index in [1.54, 1.807) is 13.1 Å². The van der Waals surface area contributed by atoms with Gasteiger partial charge in [-0.1, -0.05) is 6.07 Å². The highest BCUT2D eigenvalue weighted by atomic mass is 19.1. The summed E-state index contributed by atoms with van der Waals surface area (Å²) in [4.78, 5) is 12.0. The Kier molecular flexibility index (Phi) is 2.76. The first kappa shape index (κ1) is 10.5. The van der Waals surface area contributed by atoms with E-state index in [-0.39, 0.29) is 11.5 Å². The third kappa shape index (κ3) is 2.13. The van der Waals surface area contributed by atoms with E-state index in [1.165, 1.54) is 0 Å². The third-order valence-corrected chi connectivity index (χ3v) is 2.15. The van der Waals surface area contributed by atoms with Crippen molar-refractivity contribution >= 4 is 5.82 Å². The summed E-state index contributed by atoms with van der Waals surface area (Å²) in [5, 5.41) is 0. The topological polar surface area (TPSA) is 64.7 Å². The summed E-state index contributed by atoms with van der Waals surface area (Å²) in [5.74, 6) is -0.182. The molecule has 0 amide bonds. The number of hydrogen-bond acceptors (Lipinski definition) is 4. The summed E-state index contributed by atoms with van der Waals surface area (Å²) in [6, 6.07) is 5.56. The average Bonchev–Trinajstić information content (AvgIpc) is 2.27. The Morgan fingerprint density at radius 3 is 2.75 bits per heavy atom. The lowest BCUT2D eigenvalue weighted by molar-refractivity contribution is 0.603. The van der Waals surface area contributed by atoms with Crippen molar-refractivity contribution in [1.29, 1.82) is 0 Å². The van der Waals surface area contributed by atoms with E-state index >= 15 is 0 Å². The summed E-state index contributed by atoms with van der Waals surface area (Å²) in [7, 11) is 0. The lowest BCUT2D eigenvalue weighted by Crippen LogP contribution is -2.06. The van der Waals surface area contributed by atoms with Crippen LogP contribution in [0, 0.1) is 12.7 Å². The largest absolute Gasteiger partial charge is 0.381 e. The van der Waals surface area contributed by atoms with Crippen molar-refractivity contribution < 1.29 is 4.39 Å². The average molecular weight is 218 g/mol. The lowest BCUT2D eigenvalue weighted by atomic mass is 10.2. The highest BCUT2D eigenvalue weighted by Gasteiger charge is 2.09. The molecule has 0 bridgehead atoms. The van der Waals surface area contributed by atoms with Crippen molar-refractivity contribution in [2.24, 2.45) is 0 Å². The third-order valence-electron chi connectivity index (χ3n) is 2.15. The number of halogens is 1. The zero-order chi connectivity index (χ0) is 11.5. The molecule has 0 aromatic carbocycles. The van der Waals surface area contributed by atoms with Crippen molar-refractivity contribution in [3.63, 3.8) is 0 Å². The Labute approximate surface area is 92.4 Å². The molecule has 2 aromatic rings. The molecule has 0 saturated carbocycles. The van der Waals surface area contributed by atoms with Crippen LogP contribution in [-0.4, -0.2) is 15.0 Å². The van der Waals surface area contributed by atoms with Crippen LogP contribution in [0.1, 0.15) is 17.2 Å². The fourth-order valence-electron chi connectivity index (χ4n) is 1.38. The summed E-state index contributed by atoms with van der Waals surface area (Å²) in [5.41, 5.74) is 6.52. The Morgan fingerprint density at radius 2 is 2.12 bits per heavy atom. The Bertz CT molecular complexity index is 476. The van der Waals surface area contributed by atoms with Crippen LogP contribution in [0.2, 0.25) is 0 Å². The van der Waals surface area contributed by atoms with Crippen molar-refractivity contribution in [2.45, 2.75) is 13.3 Å². The van der Waals surface area contributed by atoms with E-state index in [1.807, 2.05) is 18.2 Å². The predicted molar refractivity (Wildman–Crippen MR) is 58.2 cm³/mol. The Morgan fingerprint density at radius 1 is 1.31 bits per heavy atom. The standard InChI is InChI=1S/C11H11FN4/c1-7-10(12)11(13)16-9(15-7)6-8-4-2-3-5-14-8/h2-5H,6H2,1H3,(H2,13,15,16). The number of aryl methyl sites for hydroxylation is 1. The number of nitrogens with two attached hydrogens (primary N) is 1. The van der Waals surface area contributed by atoms with Gasteiger partial charge in [0.2, 0.25) is 0 Å². The minimum Gasteiger partial charge on any atom is -0.381 e. The van der Waals surface area contributed by atoms with Crippen LogP contribution < -0.4 is 5.73 Å². The van der Waals surface area contributed by atoms with E-state index in [2.05, 4.69) is 15.0 Å².